The number of halogens is 1. The quantitative estimate of drug-likeness (QED) is 0.184. The zero-order chi connectivity index (χ0) is 24.6. The number of nitrogen functional groups attached to an aromatic ring is 1. The van der Waals surface area contributed by atoms with Crippen LogP contribution in [0, 0.1) is 6.92 Å². The number of carboxylic acid groups (broad SMARTS) is 1. The summed E-state index contributed by atoms with van der Waals surface area (Å²) in [6.45, 7) is 1.83. The lowest BCUT2D eigenvalue weighted by Gasteiger charge is -2.49. The van der Waals surface area contributed by atoms with Crippen molar-refractivity contribution < 1.29 is 24.3 Å². The molecule has 2 aliphatic rings. The summed E-state index contributed by atoms with van der Waals surface area (Å²) in [7, 11) is 1.25. The van der Waals surface area contributed by atoms with Gasteiger partial charge in [0.25, 0.3) is 11.8 Å². The first-order valence-electron chi connectivity index (χ1n) is 9.38. The second-order valence-corrected chi connectivity index (χ2v) is 11.9. The number of oxime groups is 1. The number of nitrogens with zero attached hydrogens (tertiary/aromatic N) is 5. The Bertz CT molecular complexity index is 1230. The largest absolute Gasteiger partial charge is 0.477 e. The maximum atomic E-state index is 12.9. The molecule has 4 heterocycles. The molecule has 4 rings (SSSR count). The van der Waals surface area contributed by atoms with Crippen molar-refractivity contribution in [3.05, 3.63) is 26.3 Å². The lowest BCUT2D eigenvalue weighted by molar-refractivity contribution is -0.150. The smallest absolute Gasteiger partial charge is 0.352 e. The number of nitrogens with two attached hydrogens (primary N) is 1. The van der Waals surface area contributed by atoms with Gasteiger partial charge in [-0.25, -0.2) is 9.78 Å². The molecule has 2 atom stereocenters. The van der Waals surface area contributed by atoms with Crippen molar-refractivity contribution in [2.24, 2.45) is 5.16 Å². The highest BCUT2D eigenvalue weighted by Crippen LogP contribution is 2.42. The fourth-order valence-corrected chi connectivity index (χ4v) is 7.47. The van der Waals surface area contributed by atoms with E-state index in [9.17, 15) is 19.5 Å². The molecule has 17 heteroatoms. The van der Waals surface area contributed by atoms with Gasteiger partial charge in [-0.1, -0.05) is 51.2 Å². The molecule has 4 N–H and O–H groups in total. The number of amides is 2. The van der Waals surface area contributed by atoms with Crippen molar-refractivity contribution in [2.45, 2.75) is 22.7 Å². The molecule has 1 saturated heterocycles. The highest BCUT2D eigenvalue weighted by atomic mass is 35.5. The Balaban J connectivity index is 1.50. The molecule has 1 unspecified atom stereocenters. The number of anilines is 1. The third kappa shape index (κ3) is 4.72. The van der Waals surface area contributed by atoms with Crippen LogP contribution in [0.5, 0.6) is 0 Å². The van der Waals surface area contributed by atoms with Gasteiger partial charge in [-0.3, -0.25) is 14.5 Å². The van der Waals surface area contributed by atoms with E-state index in [4.69, 9.17) is 22.2 Å². The van der Waals surface area contributed by atoms with Crippen molar-refractivity contribution in [2.75, 3.05) is 24.3 Å². The van der Waals surface area contributed by atoms with Crippen LogP contribution in [-0.4, -0.2) is 78.7 Å². The fourth-order valence-electron chi connectivity index (χ4n) is 3.24. The monoisotopic (exact) mass is 561 g/mol. The maximum absolute atomic E-state index is 12.9. The van der Waals surface area contributed by atoms with Crippen LogP contribution in [0.4, 0.5) is 5.13 Å². The Morgan fingerprint density at radius 3 is 2.76 bits per heavy atom. The van der Waals surface area contributed by atoms with Crippen LogP contribution in [0.1, 0.15) is 10.7 Å². The standard InChI is InChI=1S/C17H16ClN7O5S4/c1-5-22-23-17(33-5)32-4-6-3-31-14-9(13(27)25(14)10(6)15(28)29)20-12(26)8(24-30-2)7-11(18)34-16(19)21-7/h9,14H,3-4H2,1-2H3,(H2,19,21)(H,20,26)(H,28,29)/b24-8+/t9?,14-/m1/s1. The van der Waals surface area contributed by atoms with E-state index >= 15 is 0 Å². The molecule has 2 amide bonds. The first kappa shape index (κ1) is 24.7. The molecule has 12 nitrogen and oxygen atoms in total. The van der Waals surface area contributed by atoms with E-state index in [0.717, 1.165) is 16.3 Å². The van der Waals surface area contributed by atoms with Gasteiger partial charge >= 0.3 is 5.97 Å². The molecule has 2 aliphatic heterocycles. The van der Waals surface area contributed by atoms with Crippen LogP contribution in [0.25, 0.3) is 0 Å². The van der Waals surface area contributed by atoms with Gasteiger partial charge in [0, 0.05) is 11.5 Å². The lowest BCUT2D eigenvalue weighted by atomic mass is 10.0. The molecule has 0 spiro atoms. The Labute approximate surface area is 214 Å². The summed E-state index contributed by atoms with van der Waals surface area (Å²) in [4.78, 5) is 47.7. The second kappa shape index (κ2) is 10.1. The minimum Gasteiger partial charge on any atom is -0.477 e. The highest BCUT2D eigenvalue weighted by Gasteiger charge is 2.54. The van der Waals surface area contributed by atoms with Crippen LogP contribution in [-0.2, 0) is 19.2 Å². The van der Waals surface area contributed by atoms with E-state index in [1.165, 1.54) is 46.9 Å². The molecule has 2 aromatic rings. The van der Waals surface area contributed by atoms with Gasteiger partial charge in [0.15, 0.2) is 15.2 Å². The van der Waals surface area contributed by atoms with Gasteiger partial charge in [-0.15, -0.1) is 22.0 Å². The minimum absolute atomic E-state index is 0.0285. The molecule has 0 aromatic carbocycles. The minimum atomic E-state index is -1.21. The number of aliphatic carboxylic acids is 1. The van der Waals surface area contributed by atoms with Crippen molar-refractivity contribution in [3.63, 3.8) is 0 Å². The maximum Gasteiger partial charge on any atom is 0.352 e. The number of β-lactam (4-membered cyclic amide) rings is 1. The van der Waals surface area contributed by atoms with E-state index in [1.54, 1.807) is 0 Å². The van der Waals surface area contributed by atoms with Gasteiger partial charge in [0.05, 0.1) is 0 Å². The number of carbonyl (C=O) groups is 3. The number of carbonyl (C=O) groups excluding carboxylic acids is 2. The number of aryl methyl sites for hydroxylation is 1. The Kier molecular flexibility index (Phi) is 7.32. The summed E-state index contributed by atoms with van der Waals surface area (Å²) in [5.74, 6) is -1.77. The lowest BCUT2D eigenvalue weighted by Crippen LogP contribution is -2.71. The van der Waals surface area contributed by atoms with Crippen LogP contribution in [0.3, 0.4) is 0 Å². The zero-order valence-electron chi connectivity index (χ0n) is 17.5. The average Bonchev–Trinajstić information content (AvgIpc) is 3.36. The van der Waals surface area contributed by atoms with Gasteiger partial charge in [0.2, 0.25) is 0 Å². The average molecular weight is 562 g/mol. The van der Waals surface area contributed by atoms with Crippen molar-refractivity contribution in [1.29, 1.82) is 0 Å². The van der Waals surface area contributed by atoms with Gasteiger partial charge in [-0.05, 0) is 12.5 Å². The Hall–Kier alpha value is -2.40. The van der Waals surface area contributed by atoms with E-state index in [0.29, 0.717) is 21.4 Å². The predicted molar refractivity (Wildman–Crippen MR) is 130 cm³/mol. The topological polar surface area (TPSA) is 173 Å². The van der Waals surface area contributed by atoms with E-state index in [-0.39, 0.29) is 26.6 Å². The highest BCUT2D eigenvalue weighted by molar-refractivity contribution is 8.01. The zero-order valence-corrected chi connectivity index (χ0v) is 21.5. The number of hydrogen-bond acceptors (Lipinski definition) is 13. The van der Waals surface area contributed by atoms with E-state index in [2.05, 4.69) is 25.7 Å². The molecule has 0 radical (unpaired) electrons. The summed E-state index contributed by atoms with van der Waals surface area (Å²) in [5.41, 5.74) is 5.95. The van der Waals surface area contributed by atoms with Gasteiger partial charge < -0.3 is 21.0 Å². The Morgan fingerprint density at radius 1 is 1.41 bits per heavy atom. The van der Waals surface area contributed by atoms with Crippen LogP contribution < -0.4 is 11.1 Å². The van der Waals surface area contributed by atoms with Gasteiger partial charge in [0.1, 0.15) is 39.3 Å². The molecular weight excluding hydrogens is 546 g/mol. The molecule has 1 fully saturated rings. The normalized spacial score (nSPS) is 20.1. The number of nitrogens with one attached hydrogen (secondary N) is 1. The van der Waals surface area contributed by atoms with Crippen molar-refractivity contribution in [1.82, 2.24) is 25.4 Å². The number of rotatable bonds is 8. The van der Waals surface area contributed by atoms with Gasteiger partial charge in [-0.2, -0.15) is 0 Å². The summed E-state index contributed by atoms with van der Waals surface area (Å²) in [6, 6.07) is -0.955. The molecule has 0 saturated carbocycles. The number of thioether (sulfide) groups is 2. The van der Waals surface area contributed by atoms with Crippen LogP contribution in [0.2, 0.25) is 4.34 Å². The number of fused-ring (bicyclic) bond motifs is 1. The molecule has 34 heavy (non-hydrogen) atoms. The van der Waals surface area contributed by atoms with Crippen LogP contribution in [0.15, 0.2) is 20.8 Å². The molecule has 0 bridgehead atoms. The van der Waals surface area contributed by atoms with Crippen molar-refractivity contribution in [3.8, 4) is 0 Å². The first-order valence-corrected chi connectivity index (χ1v) is 13.4. The van der Waals surface area contributed by atoms with Crippen molar-refractivity contribution >= 4 is 86.4 Å². The summed E-state index contributed by atoms with van der Waals surface area (Å²) >= 11 is 11.2. The third-order valence-corrected chi connectivity index (χ3v) is 9.12. The number of hydrogen-bond donors (Lipinski definition) is 3. The number of carboxylic acids is 1. The molecular formula is C17H16ClN7O5S4. The molecule has 2 aromatic heterocycles. The number of thiazole rings is 1. The van der Waals surface area contributed by atoms with E-state index in [1.807, 2.05) is 6.92 Å². The summed E-state index contributed by atoms with van der Waals surface area (Å²) in [5, 5.41) is 24.4. The van der Waals surface area contributed by atoms with E-state index < -0.39 is 29.2 Å². The molecule has 0 aliphatic carbocycles. The van der Waals surface area contributed by atoms with Crippen LogP contribution >= 0.6 is 57.8 Å². The number of aromatic nitrogens is 3. The first-order chi connectivity index (χ1) is 16.2. The second-order valence-electron chi connectivity index (χ2n) is 6.79. The predicted octanol–water partition coefficient (Wildman–Crippen LogP) is 1.42. The Morgan fingerprint density at radius 2 is 2.18 bits per heavy atom. The fraction of sp³-hybridized carbons (Fsp3) is 0.353. The third-order valence-electron chi connectivity index (χ3n) is 4.64. The summed E-state index contributed by atoms with van der Waals surface area (Å²) < 4.78 is 0.856. The SMILES string of the molecule is CO/N=C(/C(=O)NC1C(=O)N2C(C(=O)O)=C(CSc3nnc(C)s3)CS[C@H]12)c1nc(N)sc1Cl. The summed E-state index contributed by atoms with van der Waals surface area (Å²) in [6.07, 6.45) is 0. The molecule has 180 valence electrons.